The SMILES string of the molecule is CCC(=O)O[C@@H]([C@H]1C[C@@H](C)C2C(O1)C(O)[C@@]1(C)[C@@H]3CC[C@H]4C(C)(C)[C@@H](O[C@@H]5OC[C@@H](O)[C@H](O)[C@H]5O)CC[C@@]45C[C@@]35CC[C@]21C)C(C)(C)O. The fourth-order valence-electron chi connectivity index (χ4n) is 13.7. The third-order valence-corrected chi connectivity index (χ3v) is 16.1. The maximum absolute atomic E-state index is 12.6. The Kier molecular flexibility index (Phi) is 8.39. The molecule has 10 nitrogen and oxygen atoms in total. The van der Waals surface area contributed by atoms with Gasteiger partial charge in [0.15, 0.2) is 12.4 Å². The van der Waals surface area contributed by atoms with Gasteiger partial charge in [-0.2, -0.15) is 0 Å². The van der Waals surface area contributed by atoms with E-state index in [2.05, 4.69) is 34.6 Å². The van der Waals surface area contributed by atoms with Crippen molar-refractivity contribution in [1.82, 2.24) is 0 Å². The van der Waals surface area contributed by atoms with E-state index in [1.54, 1.807) is 20.8 Å². The summed E-state index contributed by atoms with van der Waals surface area (Å²) < 4.78 is 24.8. The minimum absolute atomic E-state index is 0.0682. The van der Waals surface area contributed by atoms with Gasteiger partial charge in [0.2, 0.25) is 0 Å². The van der Waals surface area contributed by atoms with Crippen molar-refractivity contribution in [1.29, 1.82) is 0 Å². The van der Waals surface area contributed by atoms with Crippen molar-refractivity contribution in [2.75, 3.05) is 6.61 Å². The van der Waals surface area contributed by atoms with Crippen LogP contribution in [0, 0.1) is 50.7 Å². The molecule has 7 fully saturated rings. The summed E-state index contributed by atoms with van der Waals surface area (Å²) in [6.45, 7) is 16.6. The van der Waals surface area contributed by atoms with E-state index >= 15 is 0 Å². The molecule has 0 aromatic rings. The molecule has 2 aliphatic heterocycles. The highest BCUT2D eigenvalue weighted by molar-refractivity contribution is 5.69. The molecule has 0 aromatic carbocycles. The van der Waals surface area contributed by atoms with Gasteiger partial charge in [-0.05, 0) is 111 Å². The average molecular weight is 679 g/mol. The van der Waals surface area contributed by atoms with Crippen LogP contribution in [0.1, 0.15) is 113 Å². The van der Waals surface area contributed by atoms with Crippen LogP contribution in [0.15, 0.2) is 0 Å². The first kappa shape index (κ1) is 35.5. The molecule has 2 heterocycles. The van der Waals surface area contributed by atoms with Crippen molar-refractivity contribution in [3.8, 4) is 0 Å². The molecular formula is C38H62O10. The first-order chi connectivity index (χ1) is 22.3. The largest absolute Gasteiger partial charge is 0.457 e. The number of hydrogen-bond acceptors (Lipinski definition) is 10. The lowest BCUT2D eigenvalue weighted by atomic mass is 9.41. The standard InChI is InChI=1S/C38H62O10/c1-9-25(40)48-31(34(5,6)44)21-16-19(2)26-29(46-21)30(43)36(8)23-11-10-22-33(3,4)24(47-32-28(42)27(41)20(39)17-45-32)12-13-37(22)18-38(23,37)15-14-35(26,36)7/h19-24,26-32,39,41-44H,9-18H2,1-8H3/t19-,20-,21-,22+,23+,24+,26?,27+,28-,29?,30?,31+,32+,35-,36-,37-,38+/m1/s1. The number of carbonyl (C=O) groups excluding carboxylic acids is 1. The quantitative estimate of drug-likeness (QED) is 0.207. The van der Waals surface area contributed by atoms with Crippen molar-refractivity contribution in [2.24, 2.45) is 50.7 Å². The maximum atomic E-state index is 12.6. The third-order valence-electron chi connectivity index (χ3n) is 16.1. The van der Waals surface area contributed by atoms with Crippen molar-refractivity contribution >= 4 is 5.97 Å². The summed E-state index contributed by atoms with van der Waals surface area (Å²) in [5.41, 5.74) is -1.61. The summed E-state index contributed by atoms with van der Waals surface area (Å²) in [6, 6.07) is 0. The van der Waals surface area contributed by atoms with Gasteiger partial charge in [0, 0.05) is 11.8 Å². The number of rotatable bonds is 6. The van der Waals surface area contributed by atoms with E-state index in [1.807, 2.05) is 0 Å². The minimum atomic E-state index is -1.30. The minimum Gasteiger partial charge on any atom is -0.457 e. The Labute approximate surface area is 286 Å². The first-order valence-corrected chi connectivity index (χ1v) is 18.9. The van der Waals surface area contributed by atoms with E-state index in [-0.39, 0.29) is 64.0 Å². The molecule has 17 atom stereocenters. The lowest BCUT2D eigenvalue weighted by Crippen LogP contribution is -2.61. The zero-order chi connectivity index (χ0) is 35.0. The summed E-state index contributed by atoms with van der Waals surface area (Å²) in [4.78, 5) is 12.4. The van der Waals surface area contributed by atoms with Crippen LogP contribution in [-0.2, 0) is 23.7 Å². The lowest BCUT2D eigenvalue weighted by molar-refractivity contribution is -0.303. The Hall–Kier alpha value is -0.850. The molecule has 7 rings (SSSR count). The third kappa shape index (κ3) is 4.61. The molecule has 0 amide bonds. The van der Waals surface area contributed by atoms with Crippen LogP contribution in [-0.4, -0.2) is 98.8 Å². The predicted octanol–water partition coefficient (Wildman–Crippen LogP) is 3.72. The second-order valence-corrected chi connectivity index (χ2v) is 18.8. The molecule has 2 saturated heterocycles. The van der Waals surface area contributed by atoms with E-state index in [4.69, 9.17) is 18.9 Å². The average Bonchev–Trinajstić information content (AvgIpc) is 3.65. The molecule has 5 aliphatic carbocycles. The van der Waals surface area contributed by atoms with Gasteiger partial charge < -0.3 is 44.5 Å². The lowest BCUT2D eigenvalue weighted by Gasteiger charge is -2.64. The molecule has 2 spiro atoms. The van der Waals surface area contributed by atoms with E-state index in [1.165, 1.54) is 6.42 Å². The number of aliphatic hydroxyl groups is 5. The zero-order valence-corrected chi connectivity index (χ0v) is 30.4. The van der Waals surface area contributed by atoms with Crippen LogP contribution in [0.3, 0.4) is 0 Å². The Balaban J connectivity index is 1.14. The van der Waals surface area contributed by atoms with Crippen molar-refractivity contribution in [2.45, 2.75) is 174 Å². The van der Waals surface area contributed by atoms with Crippen LogP contribution in [0.5, 0.6) is 0 Å². The van der Waals surface area contributed by atoms with Gasteiger partial charge in [0.25, 0.3) is 0 Å². The molecule has 0 bridgehead atoms. The Bertz CT molecular complexity index is 1270. The smallest absolute Gasteiger partial charge is 0.305 e. The number of carbonyl (C=O) groups is 1. The topological polar surface area (TPSA) is 155 Å². The van der Waals surface area contributed by atoms with Crippen LogP contribution < -0.4 is 0 Å². The molecule has 0 radical (unpaired) electrons. The highest BCUT2D eigenvalue weighted by atomic mass is 16.7. The summed E-state index contributed by atoms with van der Waals surface area (Å²) in [7, 11) is 0. The Morgan fingerprint density at radius 2 is 1.62 bits per heavy atom. The maximum Gasteiger partial charge on any atom is 0.305 e. The van der Waals surface area contributed by atoms with Gasteiger partial charge in [0.1, 0.15) is 18.3 Å². The molecule has 5 N–H and O–H groups in total. The fourth-order valence-corrected chi connectivity index (χ4v) is 13.7. The molecule has 7 aliphatic rings. The molecule has 3 unspecified atom stereocenters. The van der Waals surface area contributed by atoms with E-state index in [0.717, 1.165) is 38.5 Å². The summed E-state index contributed by atoms with van der Waals surface area (Å²) in [5, 5.41) is 54.5. The predicted molar refractivity (Wildman–Crippen MR) is 175 cm³/mol. The van der Waals surface area contributed by atoms with Gasteiger partial charge in [-0.1, -0.05) is 41.5 Å². The number of ether oxygens (including phenoxy) is 4. The monoisotopic (exact) mass is 678 g/mol. The normalized spacial score (nSPS) is 54.5. The molecule has 10 heteroatoms. The number of esters is 1. The molecule has 5 saturated carbocycles. The molecule has 0 aromatic heterocycles. The summed E-state index contributed by atoms with van der Waals surface area (Å²) in [5.74, 6) is 0.804. The highest BCUT2D eigenvalue weighted by Gasteiger charge is 2.84. The van der Waals surface area contributed by atoms with Gasteiger partial charge in [-0.25, -0.2) is 0 Å². The van der Waals surface area contributed by atoms with Crippen molar-refractivity contribution in [3.05, 3.63) is 0 Å². The van der Waals surface area contributed by atoms with Crippen molar-refractivity contribution < 1.29 is 49.3 Å². The second-order valence-electron chi connectivity index (χ2n) is 18.8. The Morgan fingerprint density at radius 3 is 2.29 bits per heavy atom. The summed E-state index contributed by atoms with van der Waals surface area (Å²) >= 11 is 0. The van der Waals surface area contributed by atoms with Crippen LogP contribution in [0.2, 0.25) is 0 Å². The van der Waals surface area contributed by atoms with Crippen LogP contribution >= 0.6 is 0 Å². The van der Waals surface area contributed by atoms with Crippen LogP contribution in [0.25, 0.3) is 0 Å². The van der Waals surface area contributed by atoms with Gasteiger partial charge in [0.05, 0.1) is 36.6 Å². The molecule has 48 heavy (non-hydrogen) atoms. The number of fused-ring (bicyclic) bond motifs is 4. The first-order valence-electron chi connectivity index (χ1n) is 18.9. The van der Waals surface area contributed by atoms with E-state index in [0.29, 0.717) is 18.3 Å². The van der Waals surface area contributed by atoms with Crippen LogP contribution in [0.4, 0.5) is 0 Å². The molecule has 274 valence electrons. The number of hydrogen-bond donors (Lipinski definition) is 5. The molecular weight excluding hydrogens is 616 g/mol. The second kappa shape index (κ2) is 11.3. The zero-order valence-electron chi connectivity index (χ0n) is 30.4. The highest BCUT2D eigenvalue weighted by Crippen LogP contribution is 2.89. The fraction of sp³-hybridized carbons (Fsp3) is 0.974. The van der Waals surface area contributed by atoms with Gasteiger partial charge in [-0.3, -0.25) is 4.79 Å². The van der Waals surface area contributed by atoms with Gasteiger partial charge in [-0.15, -0.1) is 0 Å². The Morgan fingerprint density at radius 1 is 0.958 bits per heavy atom. The number of aliphatic hydroxyl groups excluding tert-OH is 4. The summed E-state index contributed by atoms with van der Waals surface area (Å²) in [6.07, 6.45) is 0.945. The van der Waals surface area contributed by atoms with Crippen molar-refractivity contribution in [3.63, 3.8) is 0 Å². The van der Waals surface area contributed by atoms with E-state index < -0.39 is 54.6 Å². The van der Waals surface area contributed by atoms with E-state index in [9.17, 15) is 30.3 Å². The van der Waals surface area contributed by atoms with Gasteiger partial charge >= 0.3 is 5.97 Å².